The van der Waals surface area contributed by atoms with E-state index in [2.05, 4.69) is 20.8 Å². The minimum absolute atomic E-state index is 0.599. The van der Waals surface area contributed by atoms with Crippen LogP contribution < -0.4 is 0 Å². The minimum Gasteiger partial charge on any atom is -0.334 e. The van der Waals surface area contributed by atoms with Crippen LogP contribution >= 0.6 is 8.38 Å². The van der Waals surface area contributed by atoms with Gasteiger partial charge in [-0.05, 0) is 20.3 Å². The topological polar surface area (TPSA) is 18.5 Å². The maximum atomic E-state index is 5.62. The van der Waals surface area contributed by atoms with Gasteiger partial charge in [-0.25, -0.2) is 0 Å². The SMILES string of the molecule is CCCCCCCCCCCCCCP(OCC)OCC. The van der Waals surface area contributed by atoms with Crippen LogP contribution in [0.2, 0.25) is 0 Å². The van der Waals surface area contributed by atoms with Gasteiger partial charge in [-0.3, -0.25) is 0 Å². The molecule has 0 radical (unpaired) electrons. The fourth-order valence-corrected chi connectivity index (χ4v) is 3.93. The molecule has 0 aromatic rings. The van der Waals surface area contributed by atoms with Crippen molar-refractivity contribution in [2.45, 2.75) is 97.8 Å². The molecule has 128 valence electrons. The summed E-state index contributed by atoms with van der Waals surface area (Å²) in [6.07, 6.45) is 18.0. The average Bonchev–Trinajstić information content (AvgIpc) is 2.48. The van der Waals surface area contributed by atoms with Gasteiger partial charge < -0.3 is 9.05 Å². The summed E-state index contributed by atoms with van der Waals surface area (Å²) < 4.78 is 11.2. The Hall–Kier alpha value is 0.350. The molecule has 0 rings (SSSR count). The fraction of sp³-hybridized carbons (Fsp3) is 1.00. The van der Waals surface area contributed by atoms with E-state index in [9.17, 15) is 0 Å². The van der Waals surface area contributed by atoms with Crippen LogP contribution in [0.25, 0.3) is 0 Å². The van der Waals surface area contributed by atoms with Crippen LogP contribution in [0.15, 0.2) is 0 Å². The molecule has 0 saturated heterocycles. The van der Waals surface area contributed by atoms with Crippen molar-refractivity contribution in [1.82, 2.24) is 0 Å². The van der Waals surface area contributed by atoms with Gasteiger partial charge in [-0.1, -0.05) is 77.6 Å². The largest absolute Gasteiger partial charge is 0.334 e. The van der Waals surface area contributed by atoms with E-state index in [1.807, 2.05) is 0 Å². The molecule has 2 nitrogen and oxygen atoms in total. The summed E-state index contributed by atoms with van der Waals surface area (Å²) in [5.41, 5.74) is 0. The number of hydrogen-bond acceptors (Lipinski definition) is 2. The maximum Gasteiger partial charge on any atom is 0.170 e. The Kier molecular flexibility index (Phi) is 18.7. The predicted molar refractivity (Wildman–Crippen MR) is 96.1 cm³/mol. The average molecular weight is 318 g/mol. The molecule has 0 unspecified atom stereocenters. The molecule has 0 aromatic heterocycles. The molecule has 21 heavy (non-hydrogen) atoms. The normalized spacial score (nSPS) is 11.4. The molecule has 0 N–H and O–H groups in total. The van der Waals surface area contributed by atoms with E-state index in [4.69, 9.17) is 9.05 Å². The monoisotopic (exact) mass is 318 g/mol. The highest BCUT2D eigenvalue weighted by atomic mass is 31.2. The van der Waals surface area contributed by atoms with Crippen molar-refractivity contribution in [3.8, 4) is 0 Å². The molecule has 0 aliphatic heterocycles. The van der Waals surface area contributed by atoms with E-state index in [0.717, 1.165) is 19.4 Å². The van der Waals surface area contributed by atoms with Crippen molar-refractivity contribution in [1.29, 1.82) is 0 Å². The first kappa shape index (κ1) is 21.4. The smallest absolute Gasteiger partial charge is 0.170 e. The second kappa shape index (κ2) is 18.4. The molecule has 0 spiro atoms. The van der Waals surface area contributed by atoms with Gasteiger partial charge in [-0.15, -0.1) is 0 Å². The summed E-state index contributed by atoms with van der Waals surface area (Å²) >= 11 is 0. The zero-order valence-corrected chi connectivity index (χ0v) is 15.8. The van der Waals surface area contributed by atoms with Crippen molar-refractivity contribution < 1.29 is 9.05 Å². The van der Waals surface area contributed by atoms with Gasteiger partial charge in [0.15, 0.2) is 8.38 Å². The summed E-state index contributed by atoms with van der Waals surface area (Å²) in [4.78, 5) is 0. The first-order valence-corrected chi connectivity index (χ1v) is 10.7. The highest BCUT2D eigenvalue weighted by Gasteiger charge is 2.07. The van der Waals surface area contributed by atoms with E-state index in [0.29, 0.717) is 0 Å². The Morgan fingerprint density at radius 3 is 1.29 bits per heavy atom. The molecular formula is C18H39O2P. The van der Waals surface area contributed by atoms with E-state index >= 15 is 0 Å². The van der Waals surface area contributed by atoms with Gasteiger partial charge in [0.2, 0.25) is 0 Å². The molecule has 0 fully saturated rings. The molecule has 0 aliphatic rings. The van der Waals surface area contributed by atoms with Gasteiger partial charge in [-0.2, -0.15) is 0 Å². The summed E-state index contributed by atoms with van der Waals surface area (Å²) in [5, 5.41) is 0. The van der Waals surface area contributed by atoms with Gasteiger partial charge in [0.05, 0.1) is 13.2 Å². The van der Waals surface area contributed by atoms with Crippen molar-refractivity contribution in [2.75, 3.05) is 19.4 Å². The molecule has 0 bridgehead atoms. The zero-order valence-electron chi connectivity index (χ0n) is 14.9. The van der Waals surface area contributed by atoms with Crippen LogP contribution in [0.1, 0.15) is 97.8 Å². The van der Waals surface area contributed by atoms with Crippen LogP contribution in [-0.4, -0.2) is 19.4 Å². The molecule has 0 aromatic carbocycles. The first-order valence-electron chi connectivity index (χ1n) is 9.38. The van der Waals surface area contributed by atoms with Crippen LogP contribution in [0.3, 0.4) is 0 Å². The highest BCUT2D eigenvalue weighted by Crippen LogP contribution is 2.39. The standard InChI is InChI=1S/C18H39O2P/c1-4-7-8-9-10-11-12-13-14-15-16-17-18-21(19-5-2)20-6-3/h4-18H2,1-3H3. The van der Waals surface area contributed by atoms with Crippen LogP contribution in [0, 0.1) is 0 Å². The maximum absolute atomic E-state index is 5.62. The minimum atomic E-state index is -0.599. The summed E-state index contributed by atoms with van der Waals surface area (Å²) in [7, 11) is -0.599. The number of hydrogen-bond donors (Lipinski definition) is 0. The Morgan fingerprint density at radius 2 is 0.905 bits per heavy atom. The molecule has 0 amide bonds. The number of unbranched alkanes of at least 4 members (excludes halogenated alkanes) is 11. The van der Waals surface area contributed by atoms with Crippen LogP contribution in [-0.2, 0) is 9.05 Å². The molecular weight excluding hydrogens is 279 g/mol. The molecule has 0 saturated carbocycles. The van der Waals surface area contributed by atoms with Gasteiger partial charge in [0.25, 0.3) is 0 Å². The molecule has 0 heterocycles. The van der Waals surface area contributed by atoms with Gasteiger partial charge in [0.1, 0.15) is 0 Å². The molecule has 0 atom stereocenters. The van der Waals surface area contributed by atoms with E-state index < -0.39 is 8.38 Å². The quantitative estimate of drug-likeness (QED) is 0.211. The Labute approximate surface area is 135 Å². The lowest BCUT2D eigenvalue weighted by Gasteiger charge is -2.15. The molecule has 0 aliphatic carbocycles. The van der Waals surface area contributed by atoms with E-state index in [1.165, 1.54) is 77.0 Å². The predicted octanol–water partition coefficient (Wildman–Crippen LogP) is 7.07. The summed E-state index contributed by atoms with van der Waals surface area (Å²) in [5.74, 6) is 0. The second-order valence-corrected chi connectivity index (χ2v) is 7.41. The van der Waals surface area contributed by atoms with Crippen LogP contribution in [0.4, 0.5) is 0 Å². The van der Waals surface area contributed by atoms with Crippen molar-refractivity contribution in [2.24, 2.45) is 0 Å². The molecule has 3 heteroatoms. The zero-order chi connectivity index (χ0) is 15.6. The highest BCUT2D eigenvalue weighted by molar-refractivity contribution is 7.47. The lowest BCUT2D eigenvalue weighted by atomic mass is 10.1. The van der Waals surface area contributed by atoms with Gasteiger partial charge in [0, 0.05) is 6.16 Å². The first-order chi connectivity index (χ1) is 10.3. The fourth-order valence-electron chi connectivity index (χ4n) is 2.54. The second-order valence-electron chi connectivity index (χ2n) is 5.78. The van der Waals surface area contributed by atoms with E-state index in [1.54, 1.807) is 0 Å². The van der Waals surface area contributed by atoms with Crippen LogP contribution in [0.5, 0.6) is 0 Å². The Balaban J connectivity index is 3.17. The third-order valence-corrected chi connectivity index (χ3v) is 5.51. The lowest BCUT2D eigenvalue weighted by molar-refractivity contribution is 0.268. The summed E-state index contributed by atoms with van der Waals surface area (Å²) in [6.45, 7) is 7.95. The van der Waals surface area contributed by atoms with Crippen molar-refractivity contribution in [3.05, 3.63) is 0 Å². The van der Waals surface area contributed by atoms with Gasteiger partial charge >= 0.3 is 0 Å². The number of rotatable bonds is 17. The Morgan fingerprint density at radius 1 is 0.524 bits per heavy atom. The van der Waals surface area contributed by atoms with E-state index in [-0.39, 0.29) is 0 Å². The van der Waals surface area contributed by atoms with Crippen molar-refractivity contribution in [3.63, 3.8) is 0 Å². The Bertz CT molecular complexity index is 182. The summed E-state index contributed by atoms with van der Waals surface area (Å²) in [6, 6.07) is 0. The lowest BCUT2D eigenvalue weighted by Crippen LogP contribution is -1.95. The van der Waals surface area contributed by atoms with Crippen molar-refractivity contribution >= 4 is 8.38 Å². The third kappa shape index (κ3) is 16.5. The third-order valence-electron chi connectivity index (χ3n) is 3.74.